The topological polar surface area (TPSA) is 29.1 Å². The van der Waals surface area contributed by atoms with Crippen molar-refractivity contribution in [2.75, 3.05) is 0 Å². The Morgan fingerprint density at radius 1 is 0.864 bits per heavy atom. The third kappa shape index (κ3) is 2.23. The van der Waals surface area contributed by atoms with Gasteiger partial charge in [-0.15, -0.1) is 0 Å². The van der Waals surface area contributed by atoms with Gasteiger partial charge in [-0.3, -0.25) is 4.79 Å². The monoisotopic (exact) mass is 291 g/mol. The van der Waals surface area contributed by atoms with Gasteiger partial charge in [0, 0.05) is 0 Å². The molecule has 0 aromatic heterocycles. The Bertz CT molecular complexity index is 699. The van der Waals surface area contributed by atoms with Gasteiger partial charge < -0.3 is 5.32 Å². The van der Waals surface area contributed by atoms with E-state index in [1.807, 2.05) is 6.07 Å². The molecule has 1 aliphatic carbocycles. The van der Waals surface area contributed by atoms with Crippen molar-refractivity contribution < 1.29 is 4.79 Å². The van der Waals surface area contributed by atoms with E-state index < -0.39 is 0 Å². The van der Waals surface area contributed by atoms with Gasteiger partial charge in [-0.1, -0.05) is 67.8 Å². The zero-order valence-electron chi connectivity index (χ0n) is 12.8. The molecule has 1 fully saturated rings. The summed E-state index contributed by atoms with van der Waals surface area (Å²) in [6, 6.07) is 17.1. The minimum atomic E-state index is -0.0991. The molecule has 0 atom stereocenters. The minimum Gasteiger partial charge on any atom is -0.346 e. The SMILES string of the molecule is O=C1Cc2cc(-c3ccccc3)ccc2C2(CCCCC2)N1. The number of nitrogens with one attached hydrogen (secondary N) is 1. The Labute approximate surface area is 131 Å². The summed E-state index contributed by atoms with van der Waals surface area (Å²) >= 11 is 0. The molecule has 2 aromatic rings. The Morgan fingerprint density at radius 2 is 1.64 bits per heavy atom. The Balaban J connectivity index is 1.79. The first-order chi connectivity index (χ1) is 10.8. The minimum absolute atomic E-state index is 0.0991. The van der Waals surface area contributed by atoms with Crippen LogP contribution in [0.1, 0.15) is 43.2 Å². The zero-order valence-corrected chi connectivity index (χ0v) is 12.8. The highest BCUT2D eigenvalue weighted by Gasteiger charge is 2.40. The second-order valence-corrected chi connectivity index (χ2v) is 6.61. The van der Waals surface area contributed by atoms with E-state index in [2.05, 4.69) is 47.8 Å². The maximum absolute atomic E-state index is 12.2. The van der Waals surface area contributed by atoms with Gasteiger partial charge in [-0.05, 0) is 35.1 Å². The summed E-state index contributed by atoms with van der Waals surface area (Å²) in [5.41, 5.74) is 4.89. The molecule has 1 saturated carbocycles. The number of carbonyl (C=O) groups is 1. The third-order valence-electron chi connectivity index (χ3n) is 5.16. The van der Waals surface area contributed by atoms with E-state index in [0.717, 1.165) is 12.8 Å². The van der Waals surface area contributed by atoms with Crippen LogP contribution in [0.5, 0.6) is 0 Å². The maximum atomic E-state index is 12.2. The molecule has 2 heteroatoms. The Hall–Kier alpha value is -2.09. The molecule has 112 valence electrons. The van der Waals surface area contributed by atoms with E-state index in [-0.39, 0.29) is 11.4 Å². The van der Waals surface area contributed by atoms with Crippen molar-refractivity contribution in [3.63, 3.8) is 0 Å². The van der Waals surface area contributed by atoms with Gasteiger partial charge in [0.2, 0.25) is 5.91 Å². The molecule has 0 radical (unpaired) electrons. The van der Waals surface area contributed by atoms with E-state index in [0.29, 0.717) is 6.42 Å². The second-order valence-electron chi connectivity index (χ2n) is 6.61. The fourth-order valence-corrected chi connectivity index (χ4v) is 4.12. The van der Waals surface area contributed by atoms with Crippen LogP contribution in [0, 0.1) is 0 Å². The molecular weight excluding hydrogens is 270 g/mol. The van der Waals surface area contributed by atoms with Crippen molar-refractivity contribution in [1.82, 2.24) is 5.32 Å². The molecule has 1 N–H and O–H groups in total. The molecule has 0 bridgehead atoms. The molecule has 2 aromatic carbocycles. The predicted octanol–water partition coefficient (Wildman–Crippen LogP) is 4.19. The van der Waals surface area contributed by atoms with Crippen molar-refractivity contribution >= 4 is 5.91 Å². The highest BCUT2D eigenvalue weighted by molar-refractivity contribution is 5.83. The lowest BCUT2D eigenvalue weighted by atomic mass is 9.72. The second kappa shape index (κ2) is 5.28. The van der Waals surface area contributed by atoms with Gasteiger partial charge in [0.1, 0.15) is 0 Å². The number of fused-ring (bicyclic) bond motifs is 2. The number of amides is 1. The number of carbonyl (C=O) groups excluding carboxylic acids is 1. The number of rotatable bonds is 1. The molecule has 1 aliphatic heterocycles. The van der Waals surface area contributed by atoms with Crippen molar-refractivity contribution in [3.05, 3.63) is 59.7 Å². The Kier molecular flexibility index (Phi) is 3.25. The van der Waals surface area contributed by atoms with Crippen LogP contribution >= 0.6 is 0 Å². The van der Waals surface area contributed by atoms with E-state index >= 15 is 0 Å². The predicted molar refractivity (Wildman–Crippen MR) is 88.5 cm³/mol. The van der Waals surface area contributed by atoms with Crippen molar-refractivity contribution in [1.29, 1.82) is 0 Å². The summed E-state index contributed by atoms with van der Waals surface area (Å²) in [5, 5.41) is 3.31. The van der Waals surface area contributed by atoms with Crippen LogP contribution in [0.15, 0.2) is 48.5 Å². The van der Waals surface area contributed by atoms with E-state index in [4.69, 9.17) is 0 Å². The Morgan fingerprint density at radius 3 is 2.41 bits per heavy atom. The normalized spacial score (nSPS) is 19.5. The first-order valence-electron chi connectivity index (χ1n) is 8.27. The first kappa shape index (κ1) is 13.6. The third-order valence-corrected chi connectivity index (χ3v) is 5.16. The van der Waals surface area contributed by atoms with Gasteiger partial charge in [-0.25, -0.2) is 0 Å². The van der Waals surface area contributed by atoms with E-state index in [9.17, 15) is 4.79 Å². The van der Waals surface area contributed by atoms with Gasteiger partial charge in [0.05, 0.1) is 12.0 Å². The van der Waals surface area contributed by atoms with Crippen molar-refractivity contribution in [2.24, 2.45) is 0 Å². The fourth-order valence-electron chi connectivity index (χ4n) is 4.12. The van der Waals surface area contributed by atoms with Crippen LogP contribution in [0.25, 0.3) is 11.1 Å². The molecule has 4 rings (SSSR count). The first-order valence-corrected chi connectivity index (χ1v) is 8.27. The molecule has 0 saturated heterocycles. The van der Waals surface area contributed by atoms with Gasteiger partial charge in [-0.2, -0.15) is 0 Å². The molecule has 1 heterocycles. The highest BCUT2D eigenvalue weighted by atomic mass is 16.1. The fraction of sp³-hybridized carbons (Fsp3) is 0.350. The summed E-state index contributed by atoms with van der Waals surface area (Å²) in [7, 11) is 0. The number of benzene rings is 2. The zero-order chi connectivity index (χ0) is 15.0. The molecule has 2 nitrogen and oxygen atoms in total. The molecule has 1 amide bonds. The summed E-state index contributed by atoms with van der Waals surface area (Å²) in [5.74, 6) is 0.180. The van der Waals surface area contributed by atoms with Crippen LogP contribution in [0.2, 0.25) is 0 Å². The largest absolute Gasteiger partial charge is 0.346 e. The smallest absolute Gasteiger partial charge is 0.225 e. The average Bonchev–Trinajstić information content (AvgIpc) is 2.56. The van der Waals surface area contributed by atoms with Gasteiger partial charge in [0.15, 0.2) is 0 Å². The van der Waals surface area contributed by atoms with Crippen LogP contribution in [-0.4, -0.2) is 5.91 Å². The van der Waals surface area contributed by atoms with Crippen molar-refractivity contribution in [3.8, 4) is 11.1 Å². The highest BCUT2D eigenvalue weighted by Crippen LogP contribution is 2.42. The van der Waals surface area contributed by atoms with Crippen LogP contribution in [0.4, 0.5) is 0 Å². The molecule has 22 heavy (non-hydrogen) atoms. The molecule has 2 aliphatic rings. The summed E-state index contributed by atoms with van der Waals surface area (Å²) in [4.78, 5) is 12.2. The summed E-state index contributed by atoms with van der Waals surface area (Å²) in [6.07, 6.45) is 6.37. The lowest BCUT2D eigenvalue weighted by molar-refractivity contribution is -0.123. The van der Waals surface area contributed by atoms with Gasteiger partial charge in [0.25, 0.3) is 0 Å². The average molecular weight is 291 g/mol. The van der Waals surface area contributed by atoms with Crippen LogP contribution in [0.3, 0.4) is 0 Å². The number of hydrogen-bond donors (Lipinski definition) is 1. The van der Waals surface area contributed by atoms with Gasteiger partial charge >= 0.3 is 0 Å². The number of hydrogen-bond acceptors (Lipinski definition) is 1. The van der Waals surface area contributed by atoms with Crippen LogP contribution < -0.4 is 5.32 Å². The van der Waals surface area contributed by atoms with E-state index in [1.54, 1.807) is 0 Å². The van der Waals surface area contributed by atoms with Crippen molar-refractivity contribution in [2.45, 2.75) is 44.1 Å². The lowest BCUT2D eigenvalue weighted by Crippen LogP contribution is -2.51. The summed E-state index contributed by atoms with van der Waals surface area (Å²) < 4.78 is 0. The summed E-state index contributed by atoms with van der Waals surface area (Å²) in [6.45, 7) is 0. The van der Waals surface area contributed by atoms with E-state index in [1.165, 1.54) is 41.5 Å². The lowest BCUT2D eigenvalue weighted by Gasteiger charge is -2.42. The van der Waals surface area contributed by atoms with Crippen LogP contribution in [-0.2, 0) is 16.8 Å². The quantitative estimate of drug-likeness (QED) is 0.839. The molecule has 1 spiro atoms. The maximum Gasteiger partial charge on any atom is 0.225 e. The standard InChI is InChI=1S/C20H21NO/c22-19-14-17-13-16(15-7-3-1-4-8-15)9-10-18(17)20(21-19)11-5-2-6-12-20/h1,3-4,7-10,13H,2,5-6,11-12,14H2,(H,21,22). The molecular formula is C20H21NO. The molecule has 0 unspecified atom stereocenters.